The second-order valence-corrected chi connectivity index (χ2v) is 7.29. The SMILES string of the molecule is CC(C)CCCNC(=NCC(=O)N(C)C)NC1CCOc2ccccc21. The molecule has 2 rings (SSSR count). The Morgan fingerprint density at radius 3 is 2.85 bits per heavy atom. The van der Waals surface area contributed by atoms with Crippen molar-refractivity contribution < 1.29 is 9.53 Å². The smallest absolute Gasteiger partial charge is 0.243 e. The molecular weight excluding hydrogens is 328 g/mol. The summed E-state index contributed by atoms with van der Waals surface area (Å²) in [6, 6.07) is 8.20. The largest absolute Gasteiger partial charge is 0.493 e. The molecule has 1 atom stereocenters. The fourth-order valence-corrected chi connectivity index (χ4v) is 2.81. The minimum atomic E-state index is -0.0133. The number of guanidine groups is 1. The van der Waals surface area contributed by atoms with Gasteiger partial charge in [-0.25, -0.2) is 4.99 Å². The quantitative estimate of drug-likeness (QED) is 0.446. The Bertz CT molecular complexity index is 614. The molecule has 1 aromatic carbocycles. The molecule has 1 aliphatic heterocycles. The van der Waals surface area contributed by atoms with E-state index in [2.05, 4.69) is 35.5 Å². The van der Waals surface area contributed by atoms with E-state index in [0.717, 1.165) is 37.1 Å². The third-order valence-corrected chi connectivity index (χ3v) is 4.39. The molecule has 26 heavy (non-hydrogen) atoms. The molecule has 0 saturated heterocycles. The van der Waals surface area contributed by atoms with Crippen molar-refractivity contribution in [2.75, 3.05) is 33.8 Å². The van der Waals surface area contributed by atoms with Gasteiger partial charge in [-0.05, 0) is 24.8 Å². The minimum Gasteiger partial charge on any atom is -0.493 e. The number of likely N-dealkylation sites (N-methyl/N-ethyl adjacent to an activating group) is 1. The molecule has 1 amide bonds. The van der Waals surface area contributed by atoms with Crippen LogP contribution in [-0.4, -0.2) is 50.6 Å². The fourth-order valence-electron chi connectivity index (χ4n) is 2.81. The number of rotatable bonds is 7. The van der Waals surface area contributed by atoms with Crippen LogP contribution in [0.15, 0.2) is 29.3 Å². The van der Waals surface area contributed by atoms with Gasteiger partial charge in [0.25, 0.3) is 0 Å². The lowest BCUT2D eigenvalue weighted by molar-refractivity contribution is -0.127. The standard InChI is InChI=1S/C20H32N4O2/c1-15(2)8-7-12-21-20(22-14-19(25)24(3)4)23-17-11-13-26-18-10-6-5-9-16(17)18/h5-6,9-10,15,17H,7-8,11-14H2,1-4H3,(H2,21,22,23). The molecular formula is C20H32N4O2. The Hall–Kier alpha value is -2.24. The van der Waals surface area contributed by atoms with Crippen molar-refractivity contribution >= 4 is 11.9 Å². The average molecular weight is 361 g/mol. The highest BCUT2D eigenvalue weighted by Crippen LogP contribution is 2.31. The number of carbonyl (C=O) groups excluding carboxylic acids is 1. The number of ether oxygens (including phenoxy) is 1. The van der Waals surface area contributed by atoms with E-state index in [1.165, 1.54) is 0 Å². The summed E-state index contributed by atoms with van der Waals surface area (Å²) >= 11 is 0. The average Bonchev–Trinajstić information content (AvgIpc) is 2.62. The number of hydrogen-bond donors (Lipinski definition) is 2. The molecule has 6 nitrogen and oxygen atoms in total. The summed E-state index contributed by atoms with van der Waals surface area (Å²) in [4.78, 5) is 18.0. The van der Waals surface area contributed by atoms with Crippen LogP contribution >= 0.6 is 0 Å². The monoisotopic (exact) mass is 360 g/mol. The molecule has 0 spiro atoms. The Balaban J connectivity index is 2.03. The van der Waals surface area contributed by atoms with Crippen LogP contribution in [0.2, 0.25) is 0 Å². The van der Waals surface area contributed by atoms with Crippen LogP contribution in [0.5, 0.6) is 5.75 Å². The molecule has 0 bridgehead atoms. The zero-order valence-electron chi connectivity index (χ0n) is 16.4. The van der Waals surface area contributed by atoms with Gasteiger partial charge >= 0.3 is 0 Å². The summed E-state index contributed by atoms with van der Waals surface area (Å²) in [6.45, 7) is 6.10. The van der Waals surface area contributed by atoms with Gasteiger partial charge in [-0.15, -0.1) is 0 Å². The Morgan fingerprint density at radius 1 is 1.35 bits per heavy atom. The maximum atomic E-state index is 11.9. The van der Waals surface area contributed by atoms with Gasteiger partial charge in [0.15, 0.2) is 5.96 Å². The molecule has 144 valence electrons. The first kappa shape index (κ1) is 20.1. The molecule has 0 aliphatic carbocycles. The Kier molecular flexibility index (Phi) is 7.75. The van der Waals surface area contributed by atoms with Gasteiger partial charge in [0.05, 0.1) is 12.6 Å². The molecule has 0 radical (unpaired) electrons. The lowest BCUT2D eigenvalue weighted by Crippen LogP contribution is -2.42. The van der Waals surface area contributed by atoms with Crippen LogP contribution in [0.25, 0.3) is 0 Å². The lowest BCUT2D eigenvalue weighted by Gasteiger charge is -2.28. The van der Waals surface area contributed by atoms with Crippen LogP contribution < -0.4 is 15.4 Å². The van der Waals surface area contributed by atoms with Gasteiger partial charge in [0.1, 0.15) is 12.3 Å². The van der Waals surface area contributed by atoms with Crippen molar-refractivity contribution in [2.45, 2.75) is 39.2 Å². The first-order chi connectivity index (χ1) is 12.5. The number of carbonyl (C=O) groups is 1. The normalized spacial score (nSPS) is 16.7. The highest BCUT2D eigenvalue weighted by atomic mass is 16.5. The fraction of sp³-hybridized carbons (Fsp3) is 0.600. The molecule has 1 unspecified atom stereocenters. The maximum Gasteiger partial charge on any atom is 0.243 e. The predicted molar refractivity (Wildman–Crippen MR) is 106 cm³/mol. The molecule has 1 aromatic rings. The van der Waals surface area contributed by atoms with Crippen molar-refractivity contribution in [1.29, 1.82) is 0 Å². The Morgan fingerprint density at radius 2 is 2.12 bits per heavy atom. The zero-order chi connectivity index (χ0) is 18.9. The van der Waals surface area contributed by atoms with E-state index in [1.807, 2.05) is 18.2 Å². The number of hydrogen-bond acceptors (Lipinski definition) is 3. The van der Waals surface area contributed by atoms with Crippen molar-refractivity contribution in [1.82, 2.24) is 15.5 Å². The lowest BCUT2D eigenvalue weighted by atomic mass is 10.0. The molecule has 0 aromatic heterocycles. The van der Waals surface area contributed by atoms with Crippen molar-refractivity contribution in [2.24, 2.45) is 10.9 Å². The summed E-state index contributed by atoms with van der Waals surface area (Å²) in [5, 5.41) is 6.86. The zero-order valence-corrected chi connectivity index (χ0v) is 16.4. The van der Waals surface area contributed by atoms with E-state index < -0.39 is 0 Å². The maximum absolute atomic E-state index is 11.9. The van der Waals surface area contributed by atoms with Gasteiger partial charge in [0.2, 0.25) is 5.91 Å². The van der Waals surface area contributed by atoms with E-state index in [0.29, 0.717) is 18.5 Å². The predicted octanol–water partition coefficient (Wildman–Crippen LogP) is 2.57. The third kappa shape index (κ3) is 6.24. The number of fused-ring (bicyclic) bond motifs is 1. The van der Waals surface area contributed by atoms with Gasteiger partial charge in [-0.1, -0.05) is 32.0 Å². The van der Waals surface area contributed by atoms with Gasteiger partial charge < -0.3 is 20.3 Å². The molecule has 0 fully saturated rings. The molecule has 1 aliphatic rings. The molecule has 1 heterocycles. The molecule has 2 N–H and O–H groups in total. The number of benzene rings is 1. The Labute approximate surface area is 157 Å². The topological polar surface area (TPSA) is 66.0 Å². The summed E-state index contributed by atoms with van der Waals surface area (Å²) in [7, 11) is 3.49. The highest BCUT2D eigenvalue weighted by Gasteiger charge is 2.22. The number of nitrogens with one attached hydrogen (secondary N) is 2. The third-order valence-electron chi connectivity index (χ3n) is 4.39. The van der Waals surface area contributed by atoms with Crippen molar-refractivity contribution in [3.63, 3.8) is 0 Å². The minimum absolute atomic E-state index is 0.0133. The summed E-state index contributed by atoms with van der Waals surface area (Å²) in [5.41, 5.74) is 1.13. The summed E-state index contributed by atoms with van der Waals surface area (Å²) in [5.74, 6) is 2.27. The van der Waals surface area contributed by atoms with Crippen LogP contribution in [0, 0.1) is 5.92 Å². The van der Waals surface area contributed by atoms with Crippen LogP contribution in [0.3, 0.4) is 0 Å². The van der Waals surface area contributed by atoms with E-state index >= 15 is 0 Å². The second kappa shape index (κ2) is 10.0. The first-order valence-electron chi connectivity index (χ1n) is 9.44. The van der Waals surface area contributed by atoms with E-state index in [9.17, 15) is 4.79 Å². The summed E-state index contributed by atoms with van der Waals surface area (Å²) in [6.07, 6.45) is 3.10. The van der Waals surface area contributed by atoms with Crippen LogP contribution in [0.4, 0.5) is 0 Å². The summed E-state index contributed by atoms with van der Waals surface area (Å²) < 4.78 is 5.73. The number of amides is 1. The molecule has 0 saturated carbocycles. The van der Waals surface area contributed by atoms with Crippen LogP contribution in [-0.2, 0) is 4.79 Å². The van der Waals surface area contributed by atoms with Gasteiger partial charge in [-0.2, -0.15) is 0 Å². The highest BCUT2D eigenvalue weighted by molar-refractivity contribution is 5.85. The van der Waals surface area contributed by atoms with E-state index in [-0.39, 0.29) is 18.5 Å². The molecule has 6 heteroatoms. The van der Waals surface area contributed by atoms with E-state index in [4.69, 9.17) is 4.74 Å². The van der Waals surface area contributed by atoms with Crippen molar-refractivity contribution in [3.8, 4) is 5.75 Å². The van der Waals surface area contributed by atoms with E-state index in [1.54, 1.807) is 19.0 Å². The number of nitrogens with zero attached hydrogens (tertiary/aromatic N) is 2. The number of aliphatic imine (C=N–C) groups is 1. The first-order valence-corrected chi connectivity index (χ1v) is 9.44. The van der Waals surface area contributed by atoms with Crippen LogP contribution in [0.1, 0.15) is 44.7 Å². The van der Waals surface area contributed by atoms with Gasteiger partial charge in [0, 0.05) is 32.6 Å². The van der Waals surface area contributed by atoms with Crippen molar-refractivity contribution in [3.05, 3.63) is 29.8 Å². The second-order valence-electron chi connectivity index (χ2n) is 7.29. The number of para-hydroxylation sites is 1. The van der Waals surface area contributed by atoms with Gasteiger partial charge in [-0.3, -0.25) is 4.79 Å².